The van der Waals surface area contributed by atoms with Crippen LogP contribution in [0.3, 0.4) is 0 Å². The Kier molecular flexibility index (Phi) is 9.98. The molecular weight excluding hydrogens is 773 g/mol. The number of hydrogen-bond acceptors (Lipinski definition) is 3. The molecule has 0 radical (unpaired) electrons. The molecule has 4 heteroatoms. The third-order valence-corrected chi connectivity index (χ3v) is 13.8. The third-order valence-electron chi connectivity index (χ3n) is 13.8. The molecule has 0 saturated heterocycles. The van der Waals surface area contributed by atoms with Crippen LogP contribution in [-0.4, -0.2) is 6.71 Å². The minimum Gasteiger partial charge on any atom is -0.311 e. The van der Waals surface area contributed by atoms with Crippen molar-refractivity contribution in [2.75, 3.05) is 14.7 Å². The minimum absolute atomic E-state index is 0.0268. The van der Waals surface area contributed by atoms with Crippen molar-refractivity contribution >= 4 is 74.3 Å². The summed E-state index contributed by atoms with van der Waals surface area (Å²) in [7, 11) is 0. The van der Waals surface area contributed by atoms with Crippen molar-refractivity contribution in [1.82, 2.24) is 0 Å². The zero-order valence-corrected chi connectivity index (χ0v) is 38.8. The van der Waals surface area contributed by atoms with Crippen molar-refractivity contribution < 1.29 is 0 Å². The second-order valence-corrected chi connectivity index (χ2v) is 20.4. The molecule has 8 aromatic rings. The number of para-hydroxylation sites is 3. The smallest absolute Gasteiger partial charge is 0.252 e. The Labute approximate surface area is 381 Å². The van der Waals surface area contributed by atoms with Gasteiger partial charge < -0.3 is 14.7 Å². The van der Waals surface area contributed by atoms with E-state index in [1.54, 1.807) is 0 Å². The Morgan fingerprint density at radius 1 is 0.375 bits per heavy atom. The van der Waals surface area contributed by atoms with Crippen molar-refractivity contribution in [1.29, 1.82) is 0 Å². The third kappa shape index (κ3) is 7.01. The van der Waals surface area contributed by atoms with Gasteiger partial charge in [0.05, 0.1) is 5.69 Å². The van der Waals surface area contributed by atoms with Crippen LogP contribution < -0.4 is 31.1 Å². The van der Waals surface area contributed by atoms with Crippen molar-refractivity contribution in [2.24, 2.45) is 0 Å². The summed E-state index contributed by atoms with van der Waals surface area (Å²) in [6.07, 6.45) is 0. The van der Waals surface area contributed by atoms with Crippen LogP contribution in [0.1, 0.15) is 83.2 Å². The second kappa shape index (κ2) is 15.5. The van der Waals surface area contributed by atoms with Gasteiger partial charge in [-0.3, -0.25) is 0 Å². The summed E-state index contributed by atoms with van der Waals surface area (Å²) in [6.45, 7) is 20.8. The lowest BCUT2D eigenvalue weighted by Gasteiger charge is -2.46. The summed E-state index contributed by atoms with van der Waals surface area (Å²) < 4.78 is 0. The van der Waals surface area contributed by atoms with Crippen LogP contribution >= 0.6 is 0 Å². The van der Waals surface area contributed by atoms with Crippen LogP contribution in [0.25, 0.3) is 0 Å². The molecule has 8 aromatic carbocycles. The molecule has 316 valence electrons. The van der Waals surface area contributed by atoms with E-state index in [0.29, 0.717) is 0 Å². The fraction of sp³-hybridized carbons (Fsp3) is 0.200. The molecule has 0 spiro atoms. The summed E-state index contributed by atoms with van der Waals surface area (Å²) in [5.41, 5.74) is 20.6. The van der Waals surface area contributed by atoms with Crippen LogP contribution in [0.15, 0.2) is 188 Å². The Morgan fingerprint density at radius 3 is 1.41 bits per heavy atom. The minimum atomic E-state index is -0.228. The lowest BCUT2D eigenvalue weighted by atomic mass is 9.33. The summed E-state index contributed by atoms with van der Waals surface area (Å²) in [5, 5.41) is 0. The average molecular weight is 832 g/mol. The van der Waals surface area contributed by atoms with Crippen LogP contribution in [0, 0.1) is 6.92 Å². The van der Waals surface area contributed by atoms with Crippen molar-refractivity contribution in [2.45, 2.75) is 78.6 Å². The van der Waals surface area contributed by atoms with Gasteiger partial charge in [-0.15, -0.1) is 0 Å². The van der Waals surface area contributed by atoms with E-state index < -0.39 is 0 Å². The molecule has 3 nitrogen and oxygen atoms in total. The zero-order valence-electron chi connectivity index (χ0n) is 38.8. The predicted octanol–water partition coefficient (Wildman–Crippen LogP) is 14.5. The zero-order chi connectivity index (χ0) is 44.5. The van der Waals surface area contributed by atoms with Crippen LogP contribution in [-0.2, 0) is 16.2 Å². The largest absolute Gasteiger partial charge is 0.311 e. The lowest BCUT2D eigenvalue weighted by molar-refractivity contribution is 0.590. The van der Waals surface area contributed by atoms with Gasteiger partial charge in [-0.05, 0) is 129 Å². The fourth-order valence-corrected chi connectivity index (χ4v) is 10.1. The Balaban J connectivity index is 1.34. The molecule has 0 atom stereocenters. The quantitative estimate of drug-likeness (QED) is 0.148. The number of fused-ring (bicyclic) bond motifs is 4. The van der Waals surface area contributed by atoms with Gasteiger partial charge in [0.15, 0.2) is 0 Å². The Hall–Kier alpha value is -6.78. The molecule has 0 amide bonds. The first-order valence-corrected chi connectivity index (χ1v) is 22.9. The van der Waals surface area contributed by atoms with Crippen molar-refractivity contribution in [3.63, 3.8) is 0 Å². The van der Waals surface area contributed by atoms with Crippen LogP contribution in [0.2, 0.25) is 0 Å². The highest BCUT2D eigenvalue weighted by Gasteiger charge is 2.45. The second-order valence-electron chi connectivity index (χ2n) is 20.4. The normalized spacial score (nSPS) is 13.3. The maximum atomic E-state index is 2.57. The van der Waals surface area contributed by atoms with E-state index >= 15 is 0 Å². The number of nitrogens with zero attached hydrogens (tertiary/aromatic N) is 3. The van der Waals surface area contributed by atoms with E-state index in [1.807, 2.05) is 0 Å². The molecule has 64 heavy (non-hydrogen) atoms. The monoisotopic (exact) mass is 831 g/mol. The standard InChI is InChI=1S/C60H58BN3/c1-41-21-19-20-28-52(41)64-54-36-32-45(60(8,9)43-22-13-10-14-23-43)38-51(54)61-50-37-44(59(5,6)7)31-35-53(50)63(48-33-29-42(30-34-48)58(2,3)4)55-39-49(40-56(64)57(55)61)62(46-24-15-11-16-25-46)47-26-17-12-18-27-47/h10-40H,1-9H3. The first kappa shape index (κ1) is 41.2. The number of rotatable bonds is 7. The Bertz CT molecular complexity index is 2960. The molecule has 0 aromatic heterocycles. The topological polar surface area (TPSA) is 9.72 Å². The van der Waals surface area contributed by atoms with E-state index in [2.05, 4.69) is 265 Å². The molecule has 10 rings (SSSR count). The molecule has 2 aliphatic heterocycles. The molecule has 0 fully saturated rings. The van der Waals surface area contributed by atoms with E-state index in [4.69, 9.17) is 0 Å². The highest BCUT2D eigenvalue weighted by Crippen LogP contribution is 2.49. The highest BCUT2D eigenvalue weighted by atomic mass is 15.2. The summed E-state index contributed by atoms with van der Waals surface area (Å²) >= 11 is 0. The van der Waals surface area contributed by atoms with Gasteiger partial charge in [0.25, 0.3) is 6.71 Å². The lowest BCUT2D eigenvalue weighted by Crippen LogP contribution is -2.61. The van der Waals surface area contributed by atoms with E-state index in [9.17, 15) is 0 Å². The van der Waals surface area contributed by atoms with Gasteiger partial charge in [-0.1, -0.05) is 177 Å². The fourth-order valence-electron chi connectivity index (χ4n) is 10.1. The maximum absolute atomic E-state index is 2.57. The molecule has 2 heterocycles. The van der Waals surface area contributed by atoms with Gasteiger partial charge >= 0.3 is 0 Å². The summed E-state index contributed by atoms with van der Waals surface area (Å²) in [4.78, 5) is 7.54. The molecule has 0 unspecified atom stereocenters. The first-order chi connectivity index (χ1) is 30.7. The summed E-state index contributed by atoms with van der Waals surface area (Å²) in [6, 6.07) is 70.4. The van der Waals surface area contributed by atoms with Crippen LogP contribution in [0.4, 0.5) is 51.2 Å². The molecule has 0 aliphatic carbocycles. The van der Waals surface area contributed by atoms with Crippen molar-refractivity contribution in [3.05, 3.63) is 216 Å². The molecule has 0 saturated carbocycles. The van der Waals surface area contributed by atoms with Gasteiger partial charge in [-0.25, -0.2) is 0 Å². The Morgan fingerprint density at radius 2 is 0.844 bits per heavy atom. The molecular formula is C60H58BN3. The molecule has 0 bridgehead atoms. The van der Waals surface area contributed by atoms with Gasteiger partial charge in [-0.2, -0.15) is 0 Å². The van der Waals surface area contributed by atoms with Gasteiger partial charge in [0.2, 0.25) is 0 Å². The van der Waals surface area contributed by atoms with Gasteiger partial charge in [0.1, 0.15) is 0 Å². The van der Waals surface area contributed by atoms with Crippen molar-refractivity contribution in [3.8, 4) is 0 Å². The SMILES string of the molecule is Cc1ccccc1N1c2ccc(C(C)(C)c3ccccc3)cc2B2c3cc(C(C)(C)C)ccc3N(c3ccc(C(C)(C)C)cc3)c3cc(N(c4ccccc4)c4ccccc4)cc1c32. The first-order valence-electron chi connectivity index (χ1n) is 22.9. The molecule has 2 aliphatic rings. The number of anilines is 9. The average Bonchev–Trinajstić information content (AvgIpc) is 3.29. The van der Waals surface area contributed by atoms with Crippen LogP contribution in [0.5, 0.6) is 0 Å². The summed E-state index contributed by atoms with van der Waals surface area (Å²) in [5.74, 6) is 0. The highest BCUT2D eigenvalue weighted by molar-refractivity contribution is 7.00. The molecule has 0 N–H and O–H groups in total. The maximum Gasteiger partial charge on any atom is 0.252 e. The van der Waals surface area contributed by atoms with E-state index in [1.165, 1.54) is 72.6 Å². The van der Waals surface area contributed by atoms with Gasteiger partial charge in [0, 0.05) is 50.9 Å². The number of aryl methyl sites for hydroxylation is 1. The van der Waals surface area contributed by atoms with E-state index in [0.717, 1.165) is 22.7 Å². The number of benzene rings is 8. The number of hydrogen-bond donors (Lipinski definition) is 0. The predicted molar refractivity (Wildman–Crippen MR) is 276 cm³/mol. The van der Waals surface area contributed by atoms with E-state index in [-0.39, 0.29) is 23.0 Å².